The van der Waals surface area contributed by atoms with Gasteiger partial charge < -0.3 is 0 Å². The summed E-state index contributed by atoms with van der Waals surface area (Å²) in [4.78, 5) is 0. The van der Waals surface area contributed by atoms with E-state index in [1.165, 1.54) is 6.20 Å². The molecule has 1 heterocycles. The smallest absolute Gasteiger partial charge is 0.256 e. The van der Waals surface area contributed by atoms with E-state index in [1.807, 2.05) is 13.0 Å². The molecular formula is C10H9F3N2. The number of alkyl halides is 3. The quantitative estimate of drug-likeness (QED) is 0.713. The molecule has 15 heavy (non-hydrogen) atoms. The van der Waals surface area contributed by atoms with Gasteiger partial charge in [0.15, 0.2) is 0 Å². The molecule has 0 unspecified atom stereocenters. The SMILES string of the molecule is Cc1ccc2cnn(CC(F)(F)F)c2c1. The van der Waals surface area contributed by atoms with Crippen LogP contribution in [0.2, 0.25) is 0 Å². The Labute approximate surface area is 84.3 Å². The maximum Gasteiger partial charge on any atom is 0.408 e. The van der Waals surface area contributed by atoms with E-state index < -0.39 is 12.7 Å². The fourth-order valence-corrected chi connectivity index (χ4v) is 1.48. The molecule has 0 amide bonds. The van der Waals surface area contributed by atoms with Crippen LogP contribution in [0.25, 0.3) is 10.9 Å². The van der Waals surface area contributed by atoms with Gasteiger partial charge in [-0.2, -0.15) is 18.3 Å². The third-order valence-electron chi connectivity index (χ3n) is 2.13. The Balaban J connectivity index is 2.48. The molecular weight excluding hydrogens is 205 g/mol. The van der Waals surface area contributed by atoms with Crippen LogP contribution >= 0.6 is 0 Å². The fourth-order valence-electron chi connectivity index (χ4n) is 1.48. The van der Waals surface area contributed by atoms with Crippen LogP contribution in [0, 0.1) is 6.92 Å². The molecule has 0 N–H and O–H groups in total. The summed E-state index contributed by atoms with van der Waals surface area (Å²) in [5.41, 5.74) is 1.44. The highest BCUT2D eigenvalue weighted by atomic mass is 19.4. The number of aromatic nitrogens is 2. The lowest BCUT2D eigenvalue weighted by molar-refractivity contribution is -0.141. The predicted octanol–water partition coefficient (Wildman–Crippen LogP) is 2.91. The molecule has 0 atom stereocenters. The molecule has 0 bridgehead atoms. The van der Waals surface area contributed by atoms with Crippen LogP contribution in [0.5, 0.6) is 0 Å². The number of nitrogens with zero attached hydrogens (tertiary/aromatic N) is 2. The van der Waals surface area contributed by atoms with Crippen molar-refractivity contribution >= 4 is 10.9 Å². The number of aryl methyl sites for hydroxylation is 1. The average molecular weight is 214 g/mol. The molecule has 1 aromatic carbocycles. The molecule has 0 aliphatic rings. The van der Waals surface area contributed by atoms with Crippen molar-refractivity contribution < 1.29 is 13.2 Å². The van der Waals surface area contributed by atoms with E-state index in [0.717, 1.165) is 15.6 Å². The minimum absolute atomic E-state index is 0.521. The van der Waals surface area contributed by atoms with Gasteiger partial charge >= 0.3 is 6.18 Å². The highest BCUT2D eigenvalue weighted by Gasteiger charge is 2.29. The van der Waals surface area contributed by atoms with Crippen molar-refractivity contribution in [3.05, 3.63) is 30.0 Å². The van der Waals surface area contributed by atoms with E-state index in [1.54, 1.807) is 12.1 Å². The lowest BCUT2D eigenvalue weighted by Gasteiger charge is -2.07. The number of hydrogen-bond acceptors (Lipinski definition) is 1. The lowest BCUT2D eigenvalue weighted by atomic mass is 10.2. The topological polar surface area (TPSA) is 17.8 Å². The number of fused-ring (bicyclic) bond motifs is 1. The van der Waals surface area contributed by atoms with E-state index >= 15 is 0 Å². The second-order valence-electron chi connectivity index (χ2n) is 3.48. The fraction of sp³-hybridized carbons (Fsp3) is 0.300. The van der Waals surface area contributed by atoms with Crippen LogP contribution in [0.4, 0.5) is 13.2 Å². The molecule has 2 aromatic rings. The Hall–Kier alpha value is -1.52. The van der Waals surface area contributed by atoms with Crippen molar-refractivity contribution in [1.82, 2.24) is 9.78 Å². The van der Waals surface area contributed by atoms with Gasteiger partial charge in [0, 0.05) is 5.39 Å². The van der Waals surface area contributed by atoms with E-state index in [2.05, 4.69) is 5.10 Å². The molecule has 0 radical (unpaired) electrons. The van der Waals surface area contributed by atoms with Gasteiger partial charge in [-0.3, -0.25) is 4.68 Å². The molecule has 1 aromatic heterocycles. The van der Waals surface area contributed by atoms with Crippen LogP contribution in [-0.2, 0) is 6.54 Å². The number of rotatable bonds is 1. The first-order valence-electron chi connectivity index (χ1n) is 4.45. The normalized spacial score (nSPS) is 12.3. The predicted molar refractivity (Wildman–Crippen MR) is 50.5 cm³/mol. The van der Waals surface area contributed by atoms with E-state index in [9.17, 15) is 13.2 Å². The van der Waals surface area contributed by atoms with E-state index in [0.29, 0.717) is 5.52 Å². The first-order valence-corrected chi connectivity index (χ1v) is 4.45. The molecule has 0 fully saturated rings. The van der Waals surface area contributed by atoms with Crippen LogP contribution in [0.1, 0.15) is 5.56 Å². The summed E-state index contributed by atoms with van der Waals surface area (Å²) in [6.07, 6.45) is -2.79. The summed E-state index contributed by atoms with van der Waals surface area (Å²) in [5.74, 6) is 0. The highest BCUT2D eigenvalue weighted by molar-refractivity contribution is 5.79. The van der Waals surface area contributed by atoms with Gasteiger partial charge in [-0.1, -0.05) is 12.1 Å². The second-order valence-corrected chi connectivity index (χ2v) is 3.48. The second kappa shape index (κ2) is 3.25. The first-order chi connectivity index (χ1) is 6.96. The van der Waals surface area contributed by atoms with Crippen molar-refractivity contribution in [3.63, 3.8) is 0 Å². The third kappa shape index (κ3) is 2.11. The number of halogens is 3. The Kier molecular flexibility index (Phi) is 2.17. The van der Waals surface area contributed by atoms with E-state index in [-0.39, 0.29) is 0 Å². The van der Waals surface area contributed by atoms with Gasteiger partial charge in [0.1, 0.15) is 6.54 Å². The van der Waals surface area contributed by atoms with Crippen LogP contribution in [-0.4, -0.2) is 16.0 Å². The van der Waals surface area contributed by atoms with Crippen molar-refractivity contribution in [3.8, 4) is 0 Å². The van der Waals surface area contributed by atoms with Gasteiger partial charge in [-0.25, -0.2) is 0 Å². The standard InChI is InChI=1S/C10H9F3N2/c1-7-2-3-8-5-14-15(9(8)4-7)6-10(11,12)13/h2-5H,6H2,1H3. The summed E-state index contributed by atoms with van der Waals surface area (Å²) in [6, 6.07) is 5.32. The highest BCUT2D eigenvalue weighted by Crippen LogP contribution is 2.21. The van der Waals surface area contributed by atoms with Gasteiger partial charge in [-0.05, 0) is 18.6 Å². The monoisotopic (exact) mass is 214 g/mol. The zero-order valence-corrected chi connectivity index (χ0v) is 8.04. The summed E-state index contributed by atoms with van der Waals surface area (Å²) in [7, 11) is 0. The Bertz CT molecular complexity index is 485. The molecule has 0 saturated heterocycles. The van der Waals surface area contributed by atoms with Crippen LogP contribution < -0.4 is 0 Å². The molecule has 2 rings (SSSR count). The molecule has 80 valence electrons. The Morgan fingerprint density at radius 3 is 2.73 bits per heavy atom. The largest absolute Gasteiger partial charge is 0.408 e. The summed E-state index contributed by atoms with van der Waals surface area (Å²) in [6.45, 7) is 0.796. The zero-order chi connectivity index (χ0) is 11.1. The first kappa shape index (κ1) is 10.0. The van der Waals surface area contributed by atoms with Gasteiger partial charge in [-0.15, -0.1) is 0 Å². The number of hydrogen-bond donors (Lipinski definition) is 0. The van der Waals surface area contributed by atoms with Crippen LogP contribution in [0.3, 0.4) is 0 Å². The molecule has 0 saturated carbocycles. The van der Waals surface area contributed by atoms with Crippen molar-refractivity contribution in [2.24, 2.45) is 0 Å². The average Bonchev–Trinajstić information content (AvgIpc) is 2.46. The Morgan fingerprint density at radius 2 is 2.07 bits per heavy atom. The van der Waals surface area contributed by atoms with Gasteiger partial charge in [0.25, 0.3) is 0 Å². The zero-order valence-electron chi connectivity index (χ0n) is 8.04. The maximum atomic E-state index is 12.2. The number of benzene rings is 1. The van der Waals surface area contributed by atoms with E-state index in [4.69, 9.17) is 0 Å². The van der Waals surface area contributed by atoms with Crippen LogP contribution in [0.15, 0.2) is 24.4 Å². The minimum Gasteiger partial charge on any atom is -0.256 e. The van der Waals surface area contributed by atoms with Crippen molar-refractivity contribution in [2.75, 3.05) is 0 Å². The Morgan fingerprint density at radius 1 is 1.33 bits per heavy atom. The third-order valence-corrected chi connectivity index (χ3v) is 2.13. The van der Waals surface area contributed by atoms with Crippen molar-refractivity contribution in [1.29, 1.82) is 0 Å². The maximum absolute atomic E-state index is 12.2. The molecule has 0 spiro atoms. The van der Waals surface area contributed by atoms with Crippen molar-refractivity contribution in [2.45, 2.75) is 19.6 Å². The summed E-state index contributed by atoms with van der Waals surface area (Å²) >= 11 is 0. The molecule has 0 aliphatic heterocycles. The lowest BCUT2D eigenvalue weighted by Crippen LogP contribution is -2.18. The molecule has 5 heteroatoms. The van der Waals surface area contributed by atoms with Gasteiger partial charge in [0.2, 0.25) is 0 Å². The minimum atomic E-state index is -4.23. The molecule has 2 nitrogen and oxygen atoms in total. The summed E-state index contributed by atoms with van der Waals surface area (Å²) in [5, 5.41) is 4.45. The van der Waals surface area contributed by atoms with Gasteiger partial charge in [0.05, 0.1) is 11.7 Å². The molecule has 0 aliphatic carbocycles. The summed E-state index contributed by atoms with van der Waals surface area (Å²) < 4.78 is 37.5.